The molecule has 76 valence electrons. The van der Waals surface area contributed by atoms with Crippen molar-refractivity contribution in [2.45, 2.75) is 6.43 Å². The Morgan fingerprint density at radius 2 is 2.21 bits per heavy atom. The fraction of sp³-hybridized carbons (Fsp3) is 0.143. The van der Waals surface area contributed by atoms with E-state index in [9.17, 15) is 13.6 Å². The first-order valence-electron chi connectivity index (χ1n) is 3.30. The highest BCUT2D eigenvalue weighted by molar-refractivity contribution is 14.1. The lowest BCUT2D eigenvalue weighted by atomic mass is 10.2. The van der Waals surface area contributed by atoms with Crippen LogP contribution < -0.4 is 0 Å². The monoisotopic (exact) mass is 377 g/mol. The Bertz CT molecular complexity index is 386. The molecule has 1 N–H and O–H groups in total. The molecule has 0 atom stereocenters. The number of hydrogen-bond donors (Lipinski definition) is 1. The Hall–Kier alpha value is -0.310. The fourth-order valence-corrected chi connectivity index (χ4v) is 1.73. The van der Waals surface area contributed by atoms with Crippen molar-refractivity contribution in [2.75, 3.05) is 0 Å². The Morgan fingerprint density at radius 1 is 1.64 bits per heavy atom. The van der Waals surface area contributed by atoms with E-state index in [0.29, 0.717) is 3.57 Å². The van der Waals surface area contributed by atoms with E-state index in [-0.39, 0.29) is 4.47 Å². The largest absolute Gasteiger partial charge is 0.478 e. The number of carboxylic acids is 1. The van der Waals surface area contributed by atoms with Crippen LogP contribution in [0.4, 0.5) is 8.78 Å². The van der Waals surface area contributed by atoms with Gasteiger partial charge in [-0.15, -0.1) is 0 Å². The molecule has 0 aliphatic carbocycles. The van der Waals surface area contributed by atoms with Crippen molar-refractivity contribution in [3.8, 4) is 0 Å². The number of alkyl halides is 2. The topological polar surface area (TPSA) is 50.2 Å². The molecule has 7 heteroatoms. The minimum atomic E-state index is -2.89. The minimum Gasteiger partial charge on any atom is -0.478 e. The van der Waals surface area contributed by atoms with E-state index >= 15 is 0 Å². The molecule has 1 rings (SSSR count). The molecule has 1 aromatic rings. The Labute approximate surface area is 99.8 Å². The Balaban J connectivity index is 3.45. The summed E-state index contributed by atoms with van der Waals surface area (Å²) in [6, 6.07) is 0. The summed E-state index contributed by atoms with van der Waals surface area (Å²) in [5, 5.41) is 8.71. The van der Waals surface area contributed by atoms with Crippen LogP contribution in [0, 0.1) is 3.57 Å². The second kappa shape index (κ2) is 4.47. The van der Waals surface area contributed by atoms with Gasteiger partial charge in [-0.05, 0) is 38.5 Å². The molecule has 1 heterocycles. The van der Waals surface area contributed by atoms with Gasteiger partial charge >= 0.3 is 5.97 Å². The molecule has 0 saturated heterocycles. The zero-order valence-electron chi connectivity index (χ0n) is 6.47. The molecule has 0 radical (unpaired) electrons. The van der Waals surface area contributed by atoms with E-state index in [2.05, 4.69) is 20.9 Å². The number of hydrogen-bond acceptors (Lipinski definition) is 2. The first-order valence-corrected chi connectivity index (χ1v) is 5.17. The van der Waals surface area contributed by atoms with Crippen LogP contribution in [0.1, 0.15) is 22.5 Å². The molecule has 3 nitrogen and oxygen atoms in total. The molecule has 0 saturated carbocycles. The van der Waals surface area contributed by atoms with Crippen LogP contribution in [0.2, 0.25) is 0 Å². The Kier molecular flexibility index (Phi) is 3.76. The van der Waals surface area contributed by atoms with E-state index in [4.69, 9.17) is 5.11 Å². The van der Waals surface area contributed by atoms with E-state index in [0.717, 1.165) is 0 Å². The number of pyridine rings is 1. The van der Waals surface area contributed by atoms with Crippen molar-refractivity contribution in [3.05, 3.63) is 25.5 Å². The van der Waals surface area contributed by atoms with E-state index < -0.39 is 23.7 Å². The zero-order valence-corrected chi connectivity index (χ0v) is 10.2. The summed E-state index contributed by atoms with van der Waals surface area (Å²) in [6.07, 6.45) is -1.70. The van der Waals surface area contributed by atoms with Crippen LogP contribution in [0.3, 0.4) is 0 Å². The number of nitrogens with zero attached hydrogens (tertiary/aromatic N) is 1. The number of aromatic carboxylic acids is 1. The summed E-state index contributed by atoms with van der Waals surface area (Å²) >= 11 is 4.74. The number of rotatable bonds is 2. The molecular weight excluding hydrogens is 375 g/mol. The highest BCUT2D eigenvalue weighted by Gasteiger charge is 2.23. The average molecular weight is 378 g/mol. The van der Waals surface area contributed by atoms with Crippen LogP contribution in [0.25, 0.3) is 0 Å². The van der Waals surface area contributed by atoms with Gasteiger partial charge in [0.05, 0.1) is 0 Å². The SMILES string of the molecule is O=C(O)c1c(C(F)F)ncc(I)c1Br. The van der Waals surface area contributed by atoms with Crippen molar-refractivity contribution in [2.24, 2.45) is 0 Å². The summed E-state index contributed by atoms with van der Waals surface area (Å²) in [5.74, 6) is -1.42. The summed E-state index contributed by atoms with van der Waals surface area (Å²) in [4.78, 5) is 14.1. The second-order valence-corrected chi connectivity index (χ2v) is 4.24. The van der Waals surface area contributed by atoms with Gasteiger partial charge < -0.3 is 5.11 Å². The molecular formula is C7H3BrF2INO2. The predicted molar refractivity (Wildman–Crippen MR) is 56.6 cm³/mol. The maximum absolute atomic E-state index is 12.4. The molecule has 0 fully saturated rings. The van der Waals surface area contributed by atoms with Crippen molar-refractivity contribution in [3.63, 3.8) is 0 Å². The van der Waals surface area contributed by atoms with E-state index in [1.165, 1.54) is 6.20 Å². The first-order chi connectivity index (χ1) is 6.45. The van der Waals surface area contributed by atoms with Gasteiger partial charge in [0, 0.05) is 14.2 Å². The van der Waals surface area contributed by atoms with Crippen LogP contribution >= 0.6 is 38.5 Å². The molecule has 0 amide bonds. The van der Waals surface area contributed by atoms with Gasteiger partial charge in [0.15, 0.2) is 0 Å². The molecule has 1 aromatic heterocycles. The molecule has 0 spiro atoms. The lowest BCUT2D eigenvalue weighted by Gasteiger charge is -2.06. The van der Waals surface area contributed by atoms with Crippen molar-refractivity contribution in [1.82, 2.24) is 4.98 Å². The summed E-state index contributed by atoms with van der Waals surface area (Å²) in [5.41, 5.74) is -1.20. The minimum absolute atomic E-state index is 0.135. The summed E-state index contributed by atoms with van der Waals surface area (Å²) < 4.78 is 25.3. The second-order valence-electron chi connectivity index (χ2n) is 2.29. The molecule has 0 aliphatic rings. The number of aromatic nitrogens is 1. The van der Waals surface area contributed by atoms with Crippen LogP contribution in [-0.4, -0.2) is 16.1 Å². The molecule has 0 aliphatic heterocycles. The van der Waals surface area contributed by atoms with Crippen LogP contribution in [0.5, 0.6) is 0 Å². The standard InChI is InChI=1S/C7H3BrF2INO2/c8-4-2(11)1-12-5(6(9)10)3(4)7(13)14/h1,6H,(H,13,14). The van der Waals surface area contributed by atoms with Crippen molar-refractivity contribution in [1.29, 1.82) is 0 Å². The normalized spacial score (nSPS) is 10.6. The highest BCUT2D eigenvalue weighted by Crippen LogP contribution is 2.29. The number of carbonyl (C=O) groups is 1. The van der Waals surface area contributed by atoms with Crippen molar-refractivity contribution >= 4 is 44.5 Å². The fourth-order valence-electron chi connectivity index (χ4n) is 0.848. The molecule has 0 bridgehead atoms. The zero-order chi connectivity index (χ0) is 10.9. The van der Waals surface area contributed by atoms with E-state index in [1.807, 2.05) is 0 Å². The predicted octanol–water partition coefficient (Wildman–Crippen LogP) is 3.08. The number of halogens is 4. The Morgan fingerprint density at radius 3 is 2.64 bits per heavy atom. The van der Waals surface area contributed by atoms with Crippen molar-refractivity contribution < 1.29 is 18.7 Å². The third-order valence-corrected chi connectivity index (χ3v) is 3.81. The van der Waals surface area contributed by atoms with Gasteiger partial charge in [-0.1, -0.05) is 0 Å². The number of carboxylic acid groups (broad SMARTS) is 1. The van der Waals surface area contributed by atoms with E-state index in [1.54, 1.807) is 22.6 Å². The first kappa shape index (κ1) is 11.8. The molecule has 14 heavy (non-hydrogen) atoms. The van der Waals surface area contributed by atoms with Gasteiger partial charge in [0.2, 0.25) is 0 Å². The van der Waals surface area contributed by atoms with Gasteiger partial charge in [0.25, 0.3) is 6.43 Å². The third kappa shape index (κ3) is 2.19. The van der Waals surface area contributed by atoms with Crippen LogP contribution in [0.15, 0.2) is 10.7 Å². The average Bonchev–Trinajstić information content (AvgIpc) is 2.08. The summed E-state index contributed by atoms with van der Waals surface area (Å²) in [7, 11) is 0. The highest BCUT2D eigenvalue weighted by atomic mass is 127. The maximum atomic E-state index is 12.4. The smallest absolute Gasteiger partial charge is 0.338 e. The lowest BCUT2D eigenvalue weighted by molar-refractivity contribution is 0.0681. The van der Waals surface area contributed by atoms with Crippen LogP contribution in [-0.2, 0) is 0 Å². The molecule has 0 unspecified atom stereocenters. The van der Waals surface area contributed by atoms with Gasteiger partial charge in [-0.3, -0.25) is 4.98 Å². The quantitative estimate of drug-likeness (QED) is 0.806. The lowest BCUT2D eigenvalue weighted by Crippen LogP contribution is -2.07. The van der Waals surface area contributed by atoms with Gasteiger partial charge in [-0.25, -0.2) is 13.6 Å². The van der Waals surface area contributed by atoms with Gasteiger partial charge in [-0.2, -0.15) is 0 Å². The third-order valence-electron chi connectivity index (χ3n) is 1.42. The maximum Gasteiger partial charge on any atom is 0.338 e. The molecule has 0 aromatic carbocycles. The van der Waals surface area contributed by atoms with Gasteiger partial charge in [0.1, 0.15) is 11.3 Å². The summed E-state index contributed by atoms with van der Waals surface area (Å²) in [6.45, 7) is 0.